The quantitative estimate of drug-likeness (QED) is 0.628. The van der Waals surface area contributed by atoms with Gasteiger partial charge < -0.3 is 0 Å². The van der Waals surface area contributed by atoms with Crippen LogP contribution >= 0.6 is 0 Å². The molecule has 3 aromatic rings. The molecule has 0 heterocycles. The second-order valence-electron chi connectivity index (χ2n) is 5.43. The SMILES string of the molecule is Cc1[c]ccc(Cc2ccccc2)c1Cc1ccccc1. The molecular weight excluding hydrogens is 252 g/mol. The molecule has 3 rings (SSSR count). The minimum absolute atomic E-state index is 0.978. The van der Waals surface area contributed by atoms with Gasteiger partial charge in [-0.2, -0.15) is 0 Å². The van der Waals surface area contributed by atoms with Crippen LogP contribution in [0.1, 0.15) is 27.8 Å². The van der Waals surface area contributed by atoms with Crippen LogP contribution in [0, 0.1) is 13.0 Å². The average Bonchev–Trinajstić information content (AvgIpc) is 2.53. The molecule has 0 nitrogen and oxygen atoms in total. The van der Waals surface area contributed by atoms with Crippen molar-refractivity contribution in [3.05, 3.63) is 107 Å². The van der Waals surface area contributed by atoms with Crippen molar-refractivity contribution >= 4 is 0 Å². The maximum atomic E-state index is 3.35. The molecule has 0 bridgehead atoms. The molecule has 103 valence electrons. The van der Waals surface area contributed by atoms with Crippen LogP contribution < -0.4 is 0 Å². The Kier molecular flexibility index (Phi) is 4.16. The normalized spacial score (nSPS) is 10.5. The number of rotatable bonds is 4. The van der Waals surface area contributed by atoms with E-state index >= 15 is 0 Å². The van der Waals surface area contributed by atoms with E-state index in [9.17, 15) is 0 Å². The lowest BCUT2D eigenvalue weighted by molar-refractivity contribution is 1.07. The van der Waals surface area contributed by atoms with Crippen molar-refractivity contribution < 1.29 is 0 Å². The summed E-state index contributed by atoms with van der Waals surface area (Å²) < 4.78 is 0. The molecule has 0 spiro atoms. The zero-order chi connectivity index (χ0) is 14.5. The maximum Gasteiger partial charge on any atom is -0.00201 e. The Morgan fingerprint density at radius 2 is 1.29 bits per heavy atom. The van der Waals surface area contributed by atoms with Crippen molar-refractivity contribution in [3.63, 3.8) is 0 Å². The van der Waals surface area contributed by atoms with Crippen LogP contribution in [0.4, 0.5) is 0 Å². The van der Waals surface area contributed by atoms with Gasteiger partial charge in [0.25, 0.3) is 0 Å². The van der Waals surface area contributed by atoms with Crippen LogP contribution in [0.15, 0.2) is 72.8 Å². The smallest absolute Gasteiger partial charge is 0.00201 e. The van der Waals surface area contributed by atoms with Gasteiger partial charge in [-0.1, -0.05) is 72.8 Å². The van der Waals surface area contributed by atoms with Crippen LogP contribution in [0.25, 0.3) is 0 Å². The third kappa shape index (κ3) is 3.41. The highest BCUT2D eigenvalue weighted by Gasteiger charge is 2.07. The highest BCUT2D eigenvalue weighted by atomic mass is 14.1. The van der Waals surface area contributed by atoms with Crippen molar-refractivity contribution in [1.82, 2.24) is 0 Å². The Labute approximate surface area is 127 Å². The van der Waals surface area contributed by atoms with Gasteiger partial charge in [0.2, 0.25) is 0 Å². The minimum Gasteiger partial charge on any atom is -0.0622 e. The van der Waals surface area contributed by atoms with E-state index in [1.54, 1.807) is 0 Å². The first kappa shape index (κ1) is 13.6. The molecule has 3 aromatic carbocycles. The van der Waals surface area contributed by atoms with Gasteiger partial charge in [0, 0.05) is 0 Å². The predicted molar refractivity (Wildman–Crippen MR) is 88.5 cm³/mol. The summed E-state index contributed by atoms with van der Waals surface area (Å²) in [6, 6.07) is 28.9. The summed E-state index contributed by atoms with van der Waals surface area (Å²) >= 11 is 0. The summed E-state index contributed by atoms with van der Waals surface area (Å²) in [5, 5.41) is 0. The van der Waals surface area contributed by atoms with Gasteiger partial charge in [0.1, 0.15) is 0 Å². The Bertz CT molecular complexity index is 697. The maximum absolute atomic E-state index is 3.35. The molecule has 0 saturated carbocycles. The molecule has 0 fully saturated rings. The molecule has 0 saturated heterocycles. The Balaban J connectivity index is 1.92. The van der Waals surface area contributed by atoms with Crippen LogP contribution in [0.3, 0.4) is 0 Å². The molecule has 0 aliphatic heterocycles. The third-order valence-corrected chi connectivity index (χ3v) is 3.89. The lowest BCUT2D eigenvalue weighted by Crippen LogP contribution is -2.00. The predicted octanol–water partition coefficient (Wildman–Crippen LogP) is 4.98. The lowest BCUT2D eigenvalue weighted by Gasteiger charge is -2.13. The molecule has 0 atom stereocenters. The van der Waals surface area contributed by atoms with Crippen molar-refractivity contribution in [2.24, 2.45) is 0 Å². The number of benzene rings is 3. The Hall–Kier alpha value is -2.34. The molecule has 21 heavy (non-hydrogen) atoms. The molecule has 0 heteroatoms. The van der Waals surface area contributed by atoms with E-state index in [4.69, 9.17) is 0 Å². The average molecular weight is 271 g/mol. The van der Waals surface area contributed by atoms with Crippen molar-refractivity contribution in [2.45, 2.75) is 19.8 Å². The van der Waals surface area contributed by atoms with Crippen LogP contribution in [-0.4, -0.2) is 0 Å². The fourth-order valence-corrected chi connectivity index (χ4v) is 2.72. The van der Waals surface area contributed by atoms with Crippen LogP contribution in [-0.2, 0) is 12.8 Å². The largest absolute Gasteiger partial charge is 0.0622 e. The third-order valence-electron chi connectivity index (χ3n) is 3.89. The van der Waals surface area contributed by atoms with Gasteiger partial charge in [-0.25, -0.2) is 0 Å². The van der Waals surface area contributed by atoms with Crippen molar-refractivity contribution in [1.29, 1.82) is 0 Å². The Morgan fingerprint density at radius 3 is 1.90 bits per heavy atom. The van der Waals surface area contributed by atoms with E-state index < -0.39 is 0 Å². The summed E-state index contributed by atoms with van der Waals surface area (Å²) in [5.41, 5.74) is 6.79. The van der Waals surface area contributed by atoms with Crippen LogP contribution in [0.5, 0.6) is 0 Å². The highest BCUT2D eigenvalue weighted by Crippen LogP contribution is 2.21. The number of aryl methyl sites for hydroxylation is 1. The van der Waals surface area contributed by atoms with Gasteiger partial charge in [0.05, 0.1) is 0 Å². The molecule has 0 unspecified atom stereocenters. The number of hydrogen-bond acceptors (Lipinski definition) is 0. The molecular formula is C21H19. The van der Waals surface area contributed by atoms with Gasteiger partial charge in [-0.05, 0) is 53.6 Å². The highest BCUT2D eigenvalue weighted by molar-refractivity contribution is 5.40. The standard InChI is InChI=1S/C21H19/c1-17-9-8-14-20(15-18-10-4-2-5-11-18)21(17)16-19-12-6-3-7-13-19/h2-8,10-14H,15-16H2,1H3. The van der Waals surface area contributed by atoms with E-state index in [1.807, 2.05) is 6.07 Å². The summed E-state index contributed by atoms with van der Waals surface area (Å²) in [6.45, 7) is 2.16. The Morgan fingerprint density at radius 1 is 0.714 bits per heavy atom. The van der Waals surface area contributed by atoms with Crippen LogP contribution in [0.2, 0.25) is 0 Å². The zero-order valence-electron chi connectivity index (χ0n) is 12.3. The summed E-state index contributed by atoms with van der Waals surface area (Å²) in [4.78, 5) is 0. The first-order valence-corrected chi connectivity index (χ1v) is 7.40. The molecule has 1 radical (unpaired) electrons. The second-order valence-corrected chi connectivity index (χ2v) is 5.43. The molecule has 0 amide bonds. The van der Waals surface area contributed by atoms with Gasteiger partial charge in [-0.15, -0.1) is 0 Å². The van der Waals surface area contributed by atoms with Gasteiger partial charge in [0.15, 0.2) is 0 Å². The monoisotopic (exact) mass is 271 g/mol. The fourth-order valence-electron chi connectivity index (χ4n) is 2.72. The first-order chi connectivity index (χ1) is 10.3. The zero-order valence-corrected chi connectivity index (χ0v) is 12.3. The van der Waals surface area contributed by atoms with E-state index in [-0.39, 0.29) is 0 Å². The minimum atomic E-state index is 0.978. The summed E-state index contributed by atoms with van der Waals surface area (Å²) in [5.74, 6) is 0. The fraction of sp³-hybridized carbons (Fsp3) is 0.143. The van der Waals surface area contributed by atoms with E-state index in [0.29, 0.717) is 0 Å². The van der Waals surface area contributed by atoms with E-state index in [2.05, 4.69) is 79.7 Å². The summed E-state index contributed by atoms with van der Waals surface area (Å²) in [7, 11) is 0. The van der Waals surface area contributed by atoms with Crippen molar-refractivity contribution in [3.8, 4) is 0 Å². The second kappa shape index (κ2) is 6.41. The topological polar surface area (TPSA) is 0 Å². The van der Waals surface area contributed by atoms with E-state index in [0.717, 1.165) is 12.8 Å². The lowest BCUT2D eigenvalue weighted by atomic mass is 9.92. The first-order valence-electron chi connectivity index (χ1n) is 7.40. The number of hydrogen-bond donors (Lipinski definition) is 0. The molecule has 0 aromatic heterocycles. The molecule has 0 aliphatic rings. The van der Waals surface area contributed by atoms with Crippen molar-refractivity contribution in [2.75, 3.05) is 0 Å². The molecule has 0 aliphatic carbocycles. The molecule has 0 N–H and O–H groups in total. The van der Waals surface area contributed by atoms with Gasteiger partial charge >= 0.3 is 0 Å². The van der Waals surface area contributed by atoms with Gasteiger partial charge in [-0.3, -0.25) is 0 Å². The summed E-state index contributed by atoms with van der Waals surface area (Å²) in [6.07, 6.45) is 1.96. The van der Waals surface area contributed by atoms with E-state index in [1.165, 1.54) is 27.8 Å².